The number of ether oxygens (including phenoxy) is 1. The summed E-state index contributed by atoms with van der Waals surface area (Å²) in [7, 11) is 4.76. The summed E-state index contributed by atoms with van der Waals surface area (Å²) in [5.74, 6) is -1.11. The van der Waals surface area contributed by atoms with E-state index in [1.54, 1.807) is 6.92 Å². The van der Waals surface area contributed by atoms with Crippen LogP contribution >= 0.6 is 0 Å². The van der Waals surface area contributed by atoms with E-state index >= 15 is 0 Å². The summed E-state index contributed by atoms with van der Waals surface area (Å²) in [6, 6.07) is 0. The highest BCUT2D eigenvalue weighted by atomic mass is 16.5. The number of carbonyl (C=O) groups excluding carboxylic acids is 2. The van der Waals surface area contributed by atoms with Gasteiger partial charge in [0, 0.05) is 5.57 Å². The van der Waals surface area contributed by atoms with Crippen LogP contribution in [-0.4, -0.2) is 32.8 Å². The lowest BCUT2D eigenvalue weighted by Gasteiger charge is -2.04. The fourth-order valence-corrected chi connectivity index (χ4v) is 0.441. The molecule has 0 heterocycles. The van der Waals surface area contributed by atoms with E-state index in [1.807, 2.05) is 0 Å². The summed E-state index contributed by atoms with van der Waals surface area (Å²) >= 11 is 0. The van der Waals surface area contributed by atoms with Crippen LogP contribution in [0.2, 0.25) is 0 Å². The van der Waals surface area contributed by atoms with E-state index in [9.17, 15) is 9.59 Å². The molecule has 1 N–H and O–H groups in total. The Hall–Kier alpha value is -1.26. The predicted octanol–water partition coefficient (Wildman–Crippen LogP) is -0.0162. The molecule has 0 saturated carbocycles. The van der Waals surface area contributed by atoms with Gasteiger partial charge >= 0.3 is 5.97 Å². The monoisotopic (exact) mass is 167 g/mol. The predicted molar refractivity (Wildman–Crippen MR) is 44.9 cm³/mol. The first kappa shape index (κ1) is 10.7. The van der Waals surface area contributed by atoms with Gasteiger partial charge in [0.15, 0.2) is 13.7 Å². The number of esters is 1. The van der Waals surface area contributed by atoms with Gasteiger partial charge in [-0.05, 0) is 6.92 Å². The van der Waals surface area contributed by atoms with Crippen LogP contribution in [0.3, 0.4) is 0 Å². The fourth-order valence-electron chi connectivity index (χ4n) is 0.441. The zero-order valence-electron chi connectivity index (χ0n) is 6.92. The lowest BCUT2D eigenvalue weighted by Crippen LogP contribution is -2.26. The van der Waals surface area contributed by atoms with Crippen LogP contribution in [0.1, 0.15) is 6.92 Å². The second-order valence-electron chi connectivity index (χ2n) is 2.21. The largest absolute Gasteiger partial charge is 0.460 e. The zero-order chi connectivity index (χ0) is 9.56. The second-order valence-corrected chi connectivity index (χ2v) is 2.21. The van der Waals surface area contributed by atoms with Crippen LogP contribution in [0, 0.1) is 0 Å². The lowest BCUT2D eigenvalue weighted by molar-refractivity contribution is -0.138. The van der Waals surface area contributed by atoms with Gasteiger partial charge in [-0.15, -0.1) is 0 Å². The number of hydrogen-bond donors (Lipinski definition) is 1. The van der Waals surface area contributed by atoms with E-state index in [2.05, 4.69) is 16.6 Å². The molecule has 0 atom stereocenters. The minimum absolute atomic E-state index is 0.106. The third-order valence-corrected chi connectivity index (χ3v) is 0.983. The van der Waals surface area contributed by atoms with Crippen molar-refractivity contribution in [3.63, 3.8) is 0 Å². The molecule has 12 heavy (non-hydrogen) atoms. The Labute approximate surface area is 72.4 Å². The Balaban J connectivity index is 3.38. The van der Waals surface area contributed by atoms with E-state index in [0.717, 1.165) is 0 Å². The van der Waals surface area contributed by atoms with Crippen LogP contribution in [0.4, 0.5) is 4.79 Å². The van der Waals surface area contributed by atoms with Crippen LogP contribution in [0.25, 0.3) is 0 Å². The quantitative estimate of drug-likeness (QED) is 0.277. The number of nitrogens with one attached hydrogen (secondary N) is 1. The van der Waals surface area contributed by atoms with E-state index < -0.39 is 11.8 Å². The fraction of sp³-hybridized carbons (Fsp3) is 0.429. The van der Waals surface area contributed by atoms with Gasteiger partial charge in [0.05, 0.1) is 6.54 Å². The Kier molecular flexibility index (Phi) is 4.84. The molecule has 0 aliphatic heterocycles. The first-order valence-electron chi connectivity index (χ1n) is 3.40. The third-order valence-electron chi connectivity index (χ3n) is 0.983. The van der Waals surface area contributed by atoms with Gasteiger partial charge in [0.25, 0.3) is 0 Å². The average Bonchev–Trinajstić information content (AvgIpc) is 1.97. The molecule has 64 valence electrons. The smallest absolute Gasteiger partial charge is 0.333 e. The van der Waals surface area contributed by atoms with Crippen molar-refractivity contribution in [3.05, 3.63) is 12.2 Å². The first-order valence-corrected chi connectivity index (χ1v) is 3.40. The molecule has 5 heteroatoms. The molecule has 0 saturated heterocycles. The number of carbonyl (C=O) groups is 2. The molecule has 0 unspecified atom stereocenters. The molecule has 0 aromatic rings. The Morgan fingerprint density at radius 1 is 1.58 bits per heavy atom. The van der Waals surface area contributed by atoms with Crippen molar-refractivity contribution < 1.29 is 14.3 Å². The Bertz CT molecular complexity index is 203. The van der Waals surface area contributed by atoms with E-state index in [-0.39, 0.29) is 13.2 Å². The van der Waals surface area contributed by atoms with Crippen molar-refractivity contribution in [3.8, 4) is 0 Å². The molecule has 0 fully saturated rings. The second kappa shape index (κ2) is 5.40. The average molecular weight is 167 g/mol. The maximum Gasteiger partial charge on any atom is 0.333 e. The summed E-state index contributed by atoms with van der Waals surface area (Å²) in [6.07, 6.45) is 0. The Morgan fingerprint density at radius 3 is 2.58 bits per heavy atom. The highest BCUT2D eigenvalue weighted by Gasteiger charge is 2.01. The van der Waals surface area contributed by atoms with Gasteiger partial charge in [0.1, 0.15) is 6.61 Å². The number of amides is 1. The van der Waals surface area contributed by atoms with Crippen molar-refractivity contribution >= 4 is 19.6 Å². The van der Waals surface area contributed by atoms with Gasteiger partial charge in [0.2, 0.25) is 0 Å². The molecule has 0 aromatic carbocycles. The summed E-state index contributed by atoms with van der Waals surface area (Å²) < 4.78 is 4.65. The van der Waals surface area contributed by atoms with Crippen LogP contribution in [0.15, 0.2) is 12.2 Å². The van der Waals surface area contributed by atoms with Crippen molar-refractivity contribution in [2.24, 2.45) is 0 Å². The highest BCUT2D eigenvalue weighted by molar-refractivity contribution is 6.57. The molecule has 0 bridgehead atoms. The van der Waals surface area contributed by atoms with Crippen LogP contribution < -0.4 is 5.32 Å². The maximum atomic E-state index is 10.7. The van der Waals surface area contributed by atoms with Gasteiger partial charge in [-0.25, -0.2) is 4.79 Å². The van der Waals surface area contributed by atoms with Gasteiger partial charge in [-0.1, -0.05) is 6.58 Å². The van der Waals surface area contributed by atoms with Crippen LogP contribution in [-0.2, 0) is 9.53 Å². The molecular weight excluding hydrogens is 157 g/mol. The maximum absolute atomic E-state index is 10.7. The molecule has 0 rings (SSSR count). The molecular formula is C7H10BNO3. The topological polar surface area (TPSA) is 55.4 Å². The third kappa shape index (κ3) is 5.52. The van der Waals surface area contributed by atoms with Crippen molar-refractivity contribution in [1.82, 2.24) is 5.32 Å². The summed E-state index contributed by atoms with van der Waals surface area (Å²) in [6.45, 7) is 5.25. The van der Waals surface area contributed by atoms with Crippen molar-refractivity contribution in [2.75, 3.05) is 13.2 Å². The lowest BCUT2D eigenvalue weighted by atomic mass is 10.1. The van der Waals surface area contributed by atoms with Crippen molar-refractivity contribution in [2.45, 2.75) is 6.92 Å². The zero-order valence-corrected chi connectivity index (χ0v) is 6.92. The van der Waals surface area contributed by atoms with E-state index in [0.29, 0.717) is 5.57 Å². The molecule has 1 amide bonds. The van der Waals surface area contributed by atoms with Gasteiger partial charge in [-0.2, -0.15) is 0 Å². The summed E-state index contributed by atoms with van der Waals surface area (Å²) in [5, 5.41) is 2.27. The van der Waals surface area contributed by atoms with Crippen molar-refractivity contribution in [1.29, 1.82) is 0 Å². The molecule has 4 nitrogen and oxygen atoms in total. The first-order chi connectivity index (χ1) is 5.54. The SMILES string of the molecule is [B]C(=O)NCCOC(=O)C(=C)C. The summed E-state index contributed by atoms with van der Waals surface area (Å²) in [5.41, 5.74) is 0.328. The number of hydrogen-bond acceptors (Lipinski definition) is 3. The minimum Gasteiger partial charge on any atom is -0.460 e. The van der Waals surface area contributed by atoms with Crippen LogP contribution in [0.5, 0.6) is 0 Å². The van der Waals surface area contributed by atoms with E-state index in [1.165, 1.54) is 0 Å². The van der Waals surface area contributed by atoms with E-state index in [4.69, 9.17) is 7.85 Å². The Morgan fingerprint density at radius 2 is 2.17 bits per heavy atom. The molecule has 0 aromatic heterocycles. The molecule has 0 aliphatic carbocycles. The molecule has 0 aliphatic rings. The minimum atomic E-state index is -0.638. The normalized spacial score (nSPS) is 8.75. The molecule has 2 radical (unpaired) electrons. The standard InChI is InChI=1S/C7H10BNO3/c1-5(2)6(10)12-4-3-9-7(8)11/h1,3-4H2,2H3,(H,9,11). The number of rotatable bonds is 4. The highest BCUT2D eigenvalue weighted by Crippen LogP contribution is 1.90. The van der Waals surface area contributed by atoms with Gasteiger partial charge < -0.3 is 10.1 Å². The summed E-state index contributed by atoms with van der Waals surface area (Å²) in [4.78, 5) is 20.9. The van der Waals surface area contributed by atoms with Gasteiger partial charge in [-0.3, -0.25) is 4.79 Å². The molecule has 0 spiro atoms.